The van der Waals surface area contributed by atoms with Crippen LogP contribution in [0.1, 0.15) is 22.3 Å². The van der Waals surface area contributed by atoms with Gasteiger partial charge in [-0.25, -0.2) is 18.4 Å². The van der Waals surface area contributed by atoms with Gasteiger partial charge in [0.2, 0.25) is 0 Å². The molecular weight excluding hydrogens is 434 g/mol. The number of nitrogens with zero attached hydrogens (tertiary/aromatic N) is 4. The number of benzene rings is 3. The van der Waals surface area contributed by atoms with E-state index < -0.39 is 17.2 Å². The summed E-state index contributed by atoms with van der Waals surface area (Å²) >= 11 is 0. The van der Waals surface area contributed by atoms with E-state index in [-0.39, 0.29) is 18.7 Å². The van der Waals surface area contributed by atoms with Crippen molar-refractivity contribution in [1.82, 2.24) is 19.7 Å². The van der Waals surface area contributed by atoms with E-state index in [0.29, 0.717) is 6.54 Å². The van der Waals surface area contributed by atoms with Crippen molar-refractivity contribution in [2.24, 2.45) is 0 Å². The molecule has 0 saturated heterocycles. The van der Waals surface area contributed by atoms with Crippen molar-refractivity contribution in [3.8, 4) is 11.8 Å². The van der Waals surface area contributed by atoms with Crippen LogP contribution < -0.4 is 0 Å². The van der Waals surface area contributed by atoms with Gasteiger partial charge in [-0.3, -0.25) is 4.90 Å². The predicted molar refractivity (Wildman–Crippen MR) is 125 cm³/mol. The van der Waals surface area contributed by atoms with Gasteiger partial charge < -0.3 is 5.11 Å². The van der Waals surface area contributed by atoms with Crippen LogP contribution in [0.2, 0.25) is 0 Å². The normalized spacial score (nSPS) is 12.7. The largest absolute Gasteiger partial charge is 0.382 e. The third-order valence-corrected chi connectivity index (χ3v) is 5.39. The second-order valence-electron chi connectivity index (χ2n) is 8.23. The molecule has 1 aromatic heterocycles. The molecule has 0 radical (unpaired) electrons. The summed E-state index contributed by atoms with van der Waals surface area (Å²) in [5.74, 6) is 4.77. The molecule has 1 N–H and O–H groups in total. The van der Waals surface area contributed by atoms with Crippen molar-refractivity contribution >= 4 is 0 Å². The topological polar surface area (TPSA) is 54.2 Å². The van der Waals surface area contributed by atoms with E-state index >= 15 is 0 Å². The maximum Gasteiger partial charge on any atom is 0.137 e. The second kappa shape index (κ2) is 10.4. The zero-order valence-corrected chi connectivity index (χ0v) is 18.7. The molecule has 34 heavy (non-hydrogen) atoms. The van der Waals surface area contributed by atoms with Crippen LogP contribution in [-0.2, 0) is 18.7 Å². The lowest BCUT2D eigenvalue weighted by Crippen LogP contribution is -2.43. The van der Waals surface area contributed by atoms with Crippen molar-refractivity contribution in [2.75, 3.05) is 13.6 Å². The van der Waals surface area contributed by atoms with Gasteiger partial charge >= 0.3 is 0 Å². The van der Waals surface area contributed by atoms with Gasteiger partial charge in [-0.15, -0.1) is 0 Å². The summed E-state index contributed by atoms with van der Waals surface area (Å²) in [6.45, 7) is 0.563. The van der Waals surface area contributed by atoms with Crippen LogP contribution in [0.4, 0.5) is 8.78 Å². The molecule has 1 atom stereocenters. The Morgan fingerprint density at radius 3 is 2.32 bits per heavy atom. The van der Waals surface area contributed by atoms with E-state index in [1.54, 1.807) is 0 Å². The zero-order valence-electron chi connectivity index (χ0n) is 18.7. The van der Waals surface area contributed by atoms with Crippen LogP contribution in [0.15, 0.2) is 85.5 Å². The Balaban J connectivity index is 1.48. The van der Waals surface area contributed by atoms with E-state index in [2.05, 4.69) is 21.9 Å². The molecule has 0 bridgehead atoms. The van der Waals surface area contributed by atoms with Crippen LogP contribution in [0.3, 0.4) is 0 Å². The summed E-state index contributed by atoms with van der Waals surface area (Å²) in [5, 5.41) is 15.5. The molecule has 0 saturated carbocycles. The van der Waals surface area contributed by atoms with Crippen molar-refractivity contribution in [3.05, 3.63) is 119 Å². The molecule has 5 nitrogen and oxygen atoms in total. The molecule has 0 aliphatic carbocycles. The molecule has 0 spiro atoms. The highest BCUT2D eigenvalue weighted by atomic mass is 19.1. The third-order valence-electron chi connectivity index (χ3n) is 5.39. The first-order valence-electron chi connectivity index (χ1n) is 10.8. The lowest BCUT2D eigenvalue weighted by Gasteiger charge is -2.33. The first kappa shape index (κ1) is 23.3. The van der Waals surface area contributed by atoms with Gasteiger partial charge in [-0.05, 0) is 42.9 Å². The molecule has 1 heterocycles. The number of aromatic nitrogens is 3. The van der Waals surface area contributed by atoms with Crippen LogP contribution in [0, 0.1) is 23.5 Å². The Bertz CT molecular complexity index is 1280. The highest BCUT2D eigenvalue weighted by Gasteiger charge is 2.34. The van der Waals surface area contributed by atoms with Crippen molar-refractivity contribution in [1.29, 1.82) is 0 Å². The molecule has 7 heteroatoms. The van der Waals surface area contributed by atoms with E-state index in [1.165, 1.54) is 23.4 Å². The summed E-state index contributed by atoms with van der Waals surface area (Å²) in [6, 6.07) is 20.8. The average molecular weight is 459 g/mol. The van der Waals surface area contributed by atoms with Gasteiger partial charge in [0.15, 0.2) is 0 Å². The standard InChI is InChI=1S/C27H24F2N4O/c1-32(16-23-11-9-22(10-12-23)8-7-21-5-3-2-4-6-21)17-27(34,18-33-20-30-19-31-33)25-14-13-24(28)15-26(25)29/h2-6,9-15,19-20,34H,16-18H2,1H3. The highest BCUT2D eigenvalue weighted by Crippen LogP contribution is 2.28. The third kappa shape index (κ3) is 5.93. The first-order chi connectivity index (χ1) is 16.4. The summed E-state index contributed by atoms with van der Waals surface area (Å²) in [5.41, 5.74) is 1.21. The van der Waals surface area contributed by atoms with Crippen molar-refractivity contribution in [2.45, 2.75) is 18.7 Å². The van der Waals surface area contributed by atoms with E-state index in [1.807, 2.05) is 66.5 Å². The lowest BCUT2D eigenvalue weighted by atomic mass is 9.92. The average Bonchev–Trinajstić information content (AvgIpc) is 3.31. The summed E-state index contributed by atoms with van der Waals surface area (Å²) < 4.78 is 29.5. The number of hydrogen-bond donors (Lipinski definition) is 1. The predicted octanol–water partition coefficient (Wildman–Crippen LogP) is 3.98. The minimum absolute atomic E-state index is 0.00258. The molecule has 0 aliphatic heterocycles. The van der Waals surface area contributed by atoms with Crippen LogP contribution in [-0.4, -0.2) is 38.4 Å². The second-order valence-corrected chi connectivity index (χ2v) is 8.23. The molecular formula is C27H24F2N4O. The van der Waals surface area contributed by atoms with Gasteiger partial charge in [0.25, 0.3) is 0 Å². The number of halogens is 2. The van der Waals surface area contributed by atoms with Crippen LogP contribution >= 0.6 is 0 Å². The fraction of sp³-hybridized carbons (Fsp3) is 0.185. The maximum absolute atomic E-state index is 14.6. The SMILES string of the molecule is CN(Cc1ccc(C#Cc2ccccc2)cc1)CC(O)(Cn1cncn1)c1ccc(F)cc1F. The number of likely N-dealkylation sites (N-methyl/N-ethyl adjacent to an activating group) is 1. The Labute approximate surface area is 197 Å². The molecule has 172 valence electrons. The van der Waals surface area contributed by atoms with Gasteiger partial charge in [-0.1, -0.05) is 48.2 Å². The van der Waals surface area contributed by atoms with Gasteiger partial charge in [0.05, 0.1) is 6.54 Å². The highest BCUT2D eigenvalue weighted by molar-refractivity contribution is 5.43. The minimum atomic E-state index is -1.65. The van der Waals surface area contributed by atoms with E-state index in [0.717, 1.165) is 28.8 Å². The zero-order chi connectivity index (χ0) is 24.0. The Morgan fingerprint density at radius 2 is 1.68 bits per heavy atom. The quantitative estimate of drug-likeness (QED) is 0.426. The van der Waals surface area contributed by atoms with Crippen LogP contribution in [0.25, 0.3) is 0 Å². The monoisotopic (exact) mass is 458 g/mol. The maximum atomic E-state index is 14.6. The Kier molecular flexibility index (Phi) is 7.12. The number of rotatable bonds is 7. The number of aliphatic hydroxyl groups is 1. The fourth-order valence-electron chi connectivity index (χ4n) is 3.84. The number of hydrogen-bond acceptors (Lipinski definition) is 4. The van der Waals surface area contributed by atoms with Gasteiger partial charge in [0, 0.05) is 35.8 Å². The molecule has 3 aromatic carbocycles. The minimum Gasteiger partial charge on any atom is -0.382 e. The smallest absolute Gasteiger partial charge is 0.137 e. The van der Waals surface area contributed by atoms with E-state index in [9.17, 15) is 13.9 Å². The molecule has 1 unspecified atom stereocenters. The fourth-order valence-corrected chi connectivity index (χ4v) is 3.84. The molecule has 0 fully saturated rings. The summed E-state index contributed by atoms with van der Waals surface area (Å²) in [7, 11) is 1.83. The molecule has 0 aliphatic rings. The molecule has 0 amide bonds. The van der Waals surface area contributed by atoms with Crippen LogP contribution in [0.5, 0.6) is 0 Å². The summed E-state index contributed by atoms with van der Waals surface area (Å²) in [6.07, 6.45) is 2.79. The lowest BCUT2D eigenvalue weighted by molar-refractivity contribution is -0.0175. The van der Waals surface area contributed by atoms with Crippen molar-refractivity contribution < 1.29 is 13.9 Å². The van der Waals surface area contributed by atoms with Gasteiger partial charge in [-0.2, -0.15) is 5.10 Å². The van der Waals surface area contributed by atoms with Gasteiger partial charge in [0.1, 0.15) is 29.9 Å². The summed E-state index contributed by atoms with van der Waals surface area (Å²) in [4.78, 5) is 5.77. The molecule has 4 aromatic rings. The Hall–Kier alpha value is -3.86. The first-order valence-corrected chi connectivity index (χ1v) is 10.8. The van der Waals surface area contributed by atoms with Crippen molar-refractivity contribution in [3.63, 3.8) is 0 Å². The Morgan fingerprint density at radius 1 is 0.971 bits per heavy atom. The van der Waals surface area contributed by atoms with E-state index in [4.69, 9.17) is 0 Å². The molecule has 4 rings (SSSR count).